The van der Waals surface area contributed by atoms with Crippen molar-refractivity contribution >= 4 is 33.3 Å². The number of nitrogens with zero attached hydrogens (tertiary/aromatic N) is 3. The molecule has 0 saturated heterocycles. The molecule has 0 radical (unpaired) electrons. The molecule has 0 amide bonds. The number of thiophene rings is 1. The lowest BCUT2D eigenvalue weighted by molar-refractivity contribution is 0.318. The number of hydrogen-bond acceptors (Lipinski definition) is 6. The van der Waals surface area contributed by atoms with Gasteiger partial charge in [-0.15, -0.1) is 11.3 Å². The fourth-order valence-corrected chi connectivity index (χ4v) is 6.25. The molecule has 0 fully saturated rings. The highest BCUT2D eigenvalue weighted by atomic mass is 32.2. The molecule has 0 bridgehead atoms. The molecule has 3 heterocycles. The van der Waals surface area contributed by atoms with E-state index in [1.165, 1.54) is 29.7 Å². The van der Waals surface area contributed by atoms with Crippen molar-refractivity contribution in [3.8, 4) is 11.4 Å². The van der Waals surface area contributed by atoms with Crippen molar-refractivity contribution in [2.45, 2.75) is 50.7 Å². The van der Waals surface area contributed by atoms with Gasteiger partial charge in [-0.3, -0.25) is 9.36 Å². The average Bonchev–Trinajstić information content (AvgIpc) is 3.11. The Morgan fingerprint density at radius 2 is 2.00 bits per heavy atom. The molecule has 2 aromatic heterocycles. The Kier molecular flexibility index (Phi) is 6.80. The summed E-state index contributed by atoms with van der Waals surface area (Å²) in [7, 11) is 3.79. The molecule has 0 aliphatic carbocycles. The molecular formula is C23H29N3O2S2. The van der Waals surface area contributed by atoms with Crippen LogP contribution in [-0.4, -0.2) is 40.9 Å². The number of benzene rings is 1. The number of rotatable bonds is 8. The first-order valence-electron chi connectivity index (χ1n) is 10.7. The van der Waals surface area contributed by atoms with E-state index < -0.39 is 0 Å². The Labute approximate surface area is 186 Å². The molecule has 30 heavy (non-hydrogen) atoms. The maximum Gasteiger partial charge on any atom is 0.267 e. The molecule has 1 aliphatic rings. The van der Waals surface area contributed by atoms with Gasteiger partial charge < -0.3 is 9.64 Å². The van der Waals surface area contributed by atoms with Gasteiger partial charge in [-0.05, 0) is 49.7 Å². The molecule has 0 saturated carbocycles. The molecule has 7 heteroatoms. The standard InChI is InChI=1S/C23H29N3O2S2/c1-4-5-6-7-14-29-23-24-21-20(18-12-13-25(2)15-19(18)30-21)22(27)26(23)16-8-10-17(28-3)11-9-16/h8-11H,4-7,12-15H2,1-3H3. The van der Waals surface area contributed by atoms with Crippen molar-refractivity contribution in [1.29, 1.82) is 0 Å². The first-order valence-corrected chi connectivity index (χ1v) is 12.5. The van der Waals surface area contributed by atoms with Gasteiger partial charge in [0.2, 0.25) is 0 Å². The van der Waals surface area contributed by atoms with Crippen LogP contribution in [0.5, 0.6) is 5.75 Å². The lowest BCUT2D eigenvalue weighted by Crippen LogP contribution is -2.27. The van der Waals surface area contributed by atoms with Crippen LogP contribution in [0.15, 0.2) is 34.2 Å². The number of ether oxygens (including phenoxy) is 1. The minimum absolute atomic E-state index is 0.0586. The van der Waals surface area contributed by atoms with Crippen LogP contribution >= 0.6 is 23.1 Å². The zero-order valence-corrected chi connectivity index (χ0v) is 19.6. The summed E-state index contributed by atoms with van der Waals surface area (Å²) in [5.41, 5.74) is 2.11. The summed E-state index contributed by atoms with van der Waals surface area (Å²) < 4.78 is 7.10. The number of methoxy groups -OCH3 is 1. The number of aromatic nitrogens is 2. The van der Waals surface area contributed by atoms with Crippen molar-refractivity contribution in [3.63, 3.8) is 0 Å². The molecule has 160 valence electrons. The zero-order chi connectivity index (χ0) is 21.1. The van der Waals surface area contributed by atoms with E-state index in [2.05, 4.69) is 18.9 Å². The van der Waals surface area contributed by atoms with Crippen LogP contribution in [0.25, 0.3) is 15.9 Å². The fourth-order valence-electron chi connectivity index (χ4n) is 3.90. The van der Waals surface area contributed by atoms with E-state index in [0.717, 1.165) is 58.5 Å². The minimum atomic E-state index is 0.0586. The lowest BCUT2D eigenvalue weighted by atomic mass is 10.1. The number of likely N-dealkylation sites (N-methyl/N-ethyl adjacent to an activating group) is 1. The third-order valence-electron chi connectivity index (χ3n) is 5.59. The lowest BCUT2D eigenvalue weighted by Gasteiger charge is -2.21. The summed E-state index contributed by atoms with van der Waals surface area (Å²) in [4.78, 5) is 23.2. The summed E-state index contributed by atoms with van der Waals surface area (Å²) in [6.45, 7) is 4.10. The summed E-state index contributed by atoms with van der Waals surface area (Å²) in [6, 6.07) is 7.70. The molecule has 4 rings (SSSR count). The van der Waals surface area contributed by atoms with Gasteiger partial charge in [0.05, 0.1) is 18.2 Å². The quantitative estimate of drug-likeness (QED) is 0.275. The number of thioether (sulfide) groups is 1. The van der Waals surface area contributed by atoms with Gasteiger partial charge in [0, 0.05) is 23.7 Å². The molecule has 0 N–H and O–H groups in total. The number of unbranched alkanes of at least 4 members (excludes halogenated alkanes) is 3. The Hall–Kier alpha value is -1.83. The van der Waals surface area contributed by atoms with Crippen LogP contribution in [0, 0.1) is 0 Å². The molecule has 0 spiro atoms. The highest BCUT2D eigenvalue weighted by Gasteiger charge is 2.24. The van der Waals surface area contributed by atoms with Crippen LogP contribution in [-0.2, 0) is 13.0 Å². The molecule has 0 atom stereocenters. The molecule has 3 aromatic rings. The minimum Gasteiger partial charge on any atom is -0.497 e. The smallest absolute Gasteiger partial charge is 0.267 e. The Balaban J connectivity index is 1.79. The third kappa shape index (κ3) is 4.29. The van der Waals surface area contributed by atoms with Crippen LogP contribution in [0.2, 0.25) is 0 Å². The maximum absolute atomic E-state index is 13.7. The summed E-state index contributed by atoms with van der Waals surface area (Å²) in [5, 5.41) is 1.61. The van der Waals surface area contributed by atoms with Gasteiger partial charge in [0.15, 0.2) is 5.16 Å². The SMILES string of the molecule is CCCCCCSc1nc2sc3c(c2c(=O)n1-c1ccc(OC)cc1)CCN(C)C3. The zero-order valence-electron chi connectivity index (χ0n) is 17.9. The van der Waals surface area contributed by atoms with Crippen LogP contribution in [0.4, 0.5) is 0 Å². The topological polar surface area (TPSA) is 47.4 Å². The second kappa shape index (κ2) is 9.54. The Morgan fingerprint density at radius 3 is 2.73 bits per heavy atom. The van der Waals surface area contributed by atoms with Gasteiger partial charge in [-0.2, -0.15) is 0 Å². The molecule has 1 aromatic carbocycles. The van der Waals surface area contributed by atoms with Gasteiger partial charge in [-0.25, -0.2) is 4.98 Å². The Morgan fingerprint density at radius 1 is 1.20 bits per heavy atom. The number of hydrogen-bond donors (Lipinski definition) is 0. The first-order chi connectivity index (χ1) is 14.6. The third-order valence-corrected chi connectivity index (χ3v) is 7.73. The molecule has 1 aliphatic heterocycles. The van der Waals surface area contributed by atoms with Gasteiger partial charge in [-0.1, -0.05) is 37.9 Å². The van der Waals surface area contributed by atoms with Gasteiger partial charge >= 0.3 is 0 Å². The van der Waals surface area contributed by atoms with E-state index in [1.807, 2.05) is 24.3 Å². The van der Waals surface area contributed by atoms with Crippen LogP contribution in [0.3, 0.4) is 0 Å². The average molecular weight is 444 g/mol. The second-order valence-corrected chi connectivity index (χ2v) is 9.96. The van der Waals surface area contributed by atoms with Crippen molar-refractivity contribution in [1.82, 2.24) is 14.5 Å². The van der Waals surface area contributed by atoms with E-state index in [4.69, 9.17) is 9.72 Å². The van der Waals surface area contributed by atoms with Crippen LogP contribution < -0.4 is 10.3 Å². The predicted molar refractivity (Wildman–Crippen MR) is 127 cm³/mol. The van der Waals surface area contributed by atoms with Gasteiger partial charge in [0.25, 0.3) is 5.56 Å². The van der Waals surface area contributed by atoms with Crippen molar-refractivity contribution in [3.05, 3.63) is 45.1 Å². The van der Waals surface area contributed by atoms with E-state index in [1.54, 1.807) is 34.8 Å². The largest absolute Gasteiger partial charge is 0.497 e. The molecule has 0 unspecified atom stereocenters. The van der Waals surface area contributed by atoms with E-state index in [9.17, 15) is 4.79 Å². The van der Waals surface area contributed by atoms with E-state index >= 15 is 0 Å². The monoisotopic (exact) mass is 443 g/mol. The summed E-state index contributed by atoms with van der Waals surface area (Å²) in [5.74, 6) is 1.76. The number of fused-ring (bicyclic) bond motifs is 3. The van der Waals surface area contributed by atoms with Crippen molar-refractivity contribution in [2.24, 2.45) is 0 Å². The first kappa shape index (κ1) is 21.4. The van der Waals surface area contributed by atoms with Gasteiger partial charge in [0.1, 0.15) is 10.6 Å². The van der Waals surface area contributed by atoms with Crippen LogP contribution in [0.1, 0.15) is 43.0 Å². The normalized spacial score (nSPS) is 14.2. The maximum atomic E-state index is 13.7. The molecular weight excluding hydrogens is 414 g/mol. The highest BCUT2D eigenvalue weighted by molar-refractivity contribution is 7.99. The van der Waals surface area contributed by atoms with Crippen molar-refractivity contribution in [2.75, 3.05) is 26.5 Å². The fraction of sp³-hybridized carbons (Fsp3) is 0.478. The second-order valence-electron chi connectivity index (χ2n) is 7.81. The summed E-state index contributed by atoms with van der Waals surface area (Å²) in [6.07, 6.45) is 5.75. The van der Waals surface area contributed by atoms with E-state index in [-0.39, 0.29) is 5.56 Å². The Bertz CT molecular complexity index is 1070. The predicted octanol–water partition coefficient (Wildman–Crippen LogP) is 5.12. The summed E-state index contributed by atoms with van der Waals surface area (Å²) >= 11 is 3.38. The highest BCUT2D eigenvalue weighted by Crippen LogP contribution is 2.34. The van der Waals surface area contributed by atoms with Crippen molar-refractivity contribution < 1.29 is 4.74 Å². The molecule has 5 nitrogen and oxygen atoms in total. The van der Waals surface area contributed by atoms with E-state index in [0.29, 0.717) is 0 Å².